The SMILES string of the molecule is O=[N+]([O-])c1cccc(C(N2CCOCC2)n2ccnc2)c1. The van der Waals surface area contributed by atoms with Crippen molar-refractivity contribution >= 4 is 5.69 Å². The minimum absolute atomic E-state index is 0.101. The van der Waals surface area contributed by atoms with Crippen LogP contribution in [-0.4, -0.2) is 45.7 Å². The molecule has 0 N–H and O–H groups in total. The van der Waals surface area contributed by atoms with Crippen LogP contribution in [0, 0.1) is 10.1 Å². The minimum atomic E-state index is -0.367. The van der Waals surface area contributed by atoms with Gasteiger partial charge in [-0.15, -0.1) is 0 Å². The number of hydrogen-bond acceptors (Lipinski definition) is 5. The number of benzene rings is 1. The summed E-state index contributed by atoms with van der Waals surface area (Å²) >= 11 is 0. The first-order valence-corrected chi connectivity index (χ1v) is 6.79. The van der Waals surface area contributed by atoms with Crippen LogP contribution in [0.15, 0.2) is 43.0 Å². The number of non-ortho nitro benzene ring substituents is 1. The summed E-state index contributed by atoms with van der Waals surface area (Å²) < 4.78 is 7.35. The molecule has 0 radical (unpaired) electrons. The highest BCUT2D eigenvalue weighted by molar-refractivity contribution is 5.36. The van der Waals surface area contributed by atoms with Crippen molar-refractivity contribution in [2.24, 2.45) is 0 Å². The van der Waals surface area contributed by atoms with E-state index in [0.717, 1.165) is 18.7 Å². The zero-order valence-electron chi connectivity index (χ0n) is 11.5. The summed E-state index contributed by atoms with van der Waals surface area (Å²) in [5.74, 6) is 0. The van der Waals surface area contributed by atoms with Gasteiger partial charge < -0.3 is 9.30 Å². The molecule has 0 aliphatic carbocycles. The summed E-state index contributed by atoms with van der Waals surface area (Å²) in [6, 6.07) is 6.76. The van der Waals surface area contributed by atoms with Gasteiger partial charge in [0.05, 0.1) is 24.5 Å². The Morgan fingerprint density at radius 1 is 1.33 bits per heavy atom. The number of morpholine rings is 1. The van der Waals surface area contributed by atoms with E-state index in [1.54, 1.807) is 24.7 Å². The Morgan fingerprint density at radius 2 is 2.14 bits per heavy atom. The van der Waals surface area contributed by atoms with Crippen molar-refractivity contribution in [2.45, 2.75) is 6.17 Å². The van der Waals surface area contributed by atoms with E-state index in [4.69, 9.17) is 4.74 Å². The van der Waals surface area contributed by atoms with Crippen molar-refractivity contribution in [3.8, 4) is 0 Å². The number of ether oxygens (including phenoxy) is 1. The summed E-state index contributed by atoms with van der Waals surface area (Å²) in [4.78, 5) is 17.0. The largest absolute Gasteiger partial charge is 0.379 e. The van der Waals surface area contributed by atoms with E-state index in [9.17, 15) is 10.1 Å². The van der Waals surface area contributed by atoms with E-state index < -0.39 is 0 Å². The number of nitro groups is 1. The molecule has 1 aromatic carbocycles. The van der Waals surface area contributed by atoms with Crippen molar-refractivity contribution in [1.82, 2.24) is 14.5 Å². The second-order valence-electron chi connectivity index (χ2n) is 4.88. The molecule has 0 saturated carbocycles. The van der Waals surface area contributed by atoms with Crippen molar-refractivity contribution in [3.05, 3.63) is 58.7 Å². The molecule has 1 fully saturated rings. The summed E-state index contributed by atoms with van der Waals surface area (Å²) in [5.41, 5.74) is 0.981. The molecule has 7 heteroatoms. The molecule has 2 aromatic rings. The molecule has 1 atom stereocenters. The molecule has 2 heterocycles. The van der Waals surface area contributed by atoms with Gasteiger partial charge >= 0.3 is 0 Å². The number of imidazole rings is 1. The highest BCUT2D eigenvalue weighted by atomic mass is 16.6. The molecule has 1 aromatic heterocycles. The van der Waals surface area contributed by atoms with Gasteiger partial charge in [0.25, 0.3) is 5.69 Å². The van der Waals surface area contributed by atoms with Gasteiger partial charge in [0.1, 0.15) is 6.17 Å². The molecule has 1 unspecified atom stereocenters. The third kappa shape index (κ3) is 2.93. The Balaban J connectivity index is 1.98. The van der Waals surface area contributed by atoms with E-state index in [-0.39, 0.29) is 16.8 Å². The van der Waals surface area contributed by atoms with Crippen molar-refractivity contribution in [2.75, 3.05) is 26.3 Å². The normalized spacial score (nSPS) is 17.5. The van der Waals surface area contributed by atoms with E-state index in [0.29, 0.717) is 13.2 Å². The topological polar surface area (TPSA) is 73.4 Å². The van der Waals surface area contributed by atoms with E-state index in [1.807, 2.05) is 16.8 Å². The van der Waals surface area contributed by atoms with Gasteiger partial charge in [-0.1, -0.05) is 12.1 Å². The third-order valence-corrected chi connectivity index (χ3v) is 3.58. The molecule has 3 rings (SSSR count). The second kappa shape index (κ2) is 6.02. The first-order chi connectivity index (χ1) is 10.3. The Kier molecular flexibility index (Phi) is 3.94. The Hall–Kier alpha value is -2.25. The summed E-state index contributed by atoms with van der Waals surface area (Å²) in [6.07, 6.45) is 5.22. The fourth-order valence-corrected chi connectivity index (χ4v) is 2.61. The quantitative estimate of drug-likeness (QED) is 0.632. The summed E-state index contributed by atoms with van der Waals surface area (Å²) in [5, 5.41) is 11.0. The van der Waals surface area contributed by atoms with Gasteiger partial charge in [-0.05, 0) is 5.56 Å². The second-order valence-corrected chi connectivity index (χ2v) is 4.88. The van der Waals surface area contributed by atoms with Crippen LogP contribution in [0.1, 0.15) is 11.7 Å². The lowest BCUT2D eigenvalue weighted by Crippen LogP contribution is -2.41. The molecule has 1 aliphatic heterocycles. The Bertz CT molecular complexity index is 608. The number of aromatic nitrogens is 2. The predicted molar refractivity (Wildman–Crippen MR) is 75.9 cm³/mol. The molecule has 1 saturated heterocycles. The van der Waals surface area contributed by atoms with Crippen LogP contribution in [0.25, 0.3) is 0 Å². The maximum Gasteiger partial charge on any atom is 0.269 e. The maximum absolute atomic E-state index is 11.0. The first-order valence-electron chi connectivity index (χ1n) is 6.79. The lowest BCUT2D eigenvalue weighted by Gasteiger charge is -2.35. The lowest BCUT2D eigenvalue weighted by molar-refractivity contribution is -0.385. The zero-order chi connectivity index (χ0) is 14.7. The third-order valence-electron chi connectivity index (χ3n) is 3.58. The van der Waals surface area contributed by atoms with Gasteiger partial charge in [-0.2, -0.15) is 0 Å². The smallest absolute Gasteiger partial charge is 0.269 e. The molecular formula is C14H16N4O3. The monoisotopic (exact) mass is 288 g/mol. The highest BCUT2D eigenvalue weighted by Crippen LogP contribution is 2.26. The molecule has 1 aliphatic rings. The highest BCUT2D eigenvalue weighted by Gasteiger charge is 2.25. The molecule has 0 spiro atoms. The van der Waals surface area contributed by atoms with Crippen LogP contribution < -0.4 is 0 Å². The molecule has 0 amide bonds. The first kappa shape index (κ1) is 13.7. The van der Waals surface area contributed by atoms with Crippen LogP contribution in [-0.2, 0) is 4.74 Å². The fourth-order valence-electron chi connectivity index (χ4n) is 2.61. The molecule has 0 bridgehead atoms. The average molecular weight is 288 g/mol. The van der Waals surface area contributed by atoms with E-state index >= 15 is 0 Å². The van der Waals surface area contributed by atoms with Gasteiger partial charge in [0, 0.05) is 37.6 Å². The van der Waals surface area contributed by atoms with Gasteiger partial charge in [0.15, 0.2) is 0 Å². The molecular weight excluding hydrogens is 272 g/mol. The number of rotatable bonds is 4. The van der Waals surface area contributed by atoms with Crippen molar-refractivity contribution in [1.29, 1.82) is 0 Å². The van der Waals surface area contributed by atoms with Gasteiger partial charge in [-0.3, -0.25) is 15.0 Å². The molecule has 7 nitrogen and oxygen atoms in total. The van der Waals surface area contributed by atoms with Crippen LogP contribution in [0.2, 0.25) is 0 Å². The zero-order valence-corrected chi connectivity index (χ0v) is 11.5. The number of hydrogen-bond donors (Lipinski definition) is 0. The van der Waals surface area contributed by atoms with Crippen LogP contribution >= 0.6 is 0 Å². The predicted octanol–water partition coefficient (Wildman–Crippen LogP) is 1.67. The van der Waals surface area contributed by atoms with Gasteiger partial charge in [-0.25, -0.2) is 4.98 Å². The van der Waals surface area contributed by atoms with Crippen LogP contribution in [0.4, 0.5) is 5.69 Å². The van der Waals surface area contributed by atoms with E-state index in [1.165, 1.54) is 6.07 Å². The van der Waals surface area contributed by atoms with Crippen molar-refractivity contribution in [3.63, 3.8) is 0 Å². The van der Waals surface area contributed by atoms with Gasteiger partial charge in [0.2, 0.25) is 0 Å². The average Bonchev–Trinajstić information content (AvgIpc) is 3.03. The standard InChI is InChI=1S/C14H16N4O3/c19-18(20)13-3-1-2-12(10-13)14(17-5-4-15-11-17)16-6-8-21-9-7-16/h1-5,10-11,14H,6-9H2. The Morgan fingerprint density at radius 3 is 2.81 bits per heavy atom. The molecule has 21 heavy (non-hydrogen) atoms. The lowest BCUT2D eigenvalue weighted by atomic mass is 10.1. The van der Waals surface area contributed by atoms with Crippen LogP contribution in [0.3, 0.4) is 0 Å². The summed E-state index contributed by atoms with van der Waals surface area (Å²) in [6.45, 7) is 2.90. The van der Waals surface area contributed by atoms with Crippen molar-refractivity contribution < 1.29 is 9.66 Å². The number of nitrogens with zero attached hydrogens (tertiary/aromatic N) is 4. The number of nitro benzene ring substituents is 1. The molecule has 110 valence electrons. The Labute approximate surface area is 121 Å². The van der Waals surface area contributed by atoms with Crippen LogP contribution in [0.5, 0.6) is 0 Å². The summed E-state index contributed by atoms with van der Waals surface area (Å²) in [7, 11) is 0. The van der Waals surface area contributed by atoms with E-state index in [2.05, 4.69) is 9.88 Å². The minimum Gasteiger partial charge on any atom is -0.379 e. The maximum atomic E-state index is 11.0. The fraction of sp³-hybridized carbons (Fsp3) is 0.357.